The Labute approximate surface area is 245 Å². The number of aryl methyl sites for hydroxylation is 1. The number of ether oxygens (including phenoxy) is 2. The third kappa shape index (κ3) is 9.22. The van der Waals surface area contributed by atoms with E-state index >= 15 is 0 Å². The summed E-state index contributed by atoms with van der Waals surface area (Å²) >= 11 is 0. The highest BCUT2D eigenvalue weighted by atomic mass is 16.5. The smallest absolute Gasteiger partial charge is 0.127 e. The van der Waals surface area contributed by atoms with E-state index in [-0.39, 0.29) is 5.60 Å². The minimum atomic E-state index is -0.153. The predicted octanol–water partition coefficient (Wildman–Crippen LogP) is 7.15. The van der Waals surface area contributed by atoms with Gasteiger partial charge in [-0.1, -0.05) is 31.4 Å². The fourth-order valence-electron chi connectivity index (χ4n) is 7.10. The van der Waals surface area contributed by atoms with Crippen molar-refractivity contribution in [1.82, 2.24) is 16.0 Å². The zero-order valence-electron chi connectivity index (χ0n) is 26.2. The number of hydrogen-bond acceptors (Lipinski definition) is 5. The van der Waals surface area contributed by atoms with Crippen molar-refractivity contribution in [3.05, 3.63) is 34.9 Å². The maximum Gasteiger partial charge on any atom is 0.127 e. The Morgan fingerprint density at radius 3 is 2.48 bits per heavy atom. The van der Waals surface area contributed by atoms with Gasteiger partial charge in [0.25, 0.3) is 0 Å². The molecule has 0 spiro atoms. The van der Waals surface area contributed by atoms with Crippen LogP contribution in [0.3, 0.4) is 0 Å². The second kappa shape index (κ2) is 16.2. The summed E-state index contributed by atoms with van der Waals surface area (Å²) in [6.07, 6.45) is 17.1. The molecule has 0 saturated carbocycles. The van der Waals surface area contributed by atoms with Crippen molar-refractivity contribution in [3.63, 3.8) is 0 Å². The first-order valence-corrected chi connectivity index (χ1v) is 16.8. The first-order chi connectivity index (χ1) is 19.5. The van der Waals surface area contributed by atoms with Crippen LogP contribution in [-0.4, -0.2) is 51.5 Å². The standard InChI is InChI=1S/C35H59N3O2/c1-5-6-7-11-29-25-32(34-30-24-27(2)14-15-31(30)35(3,4)40-33(34)26-29)39-23-9-13-28-12-8-17-37-21-22-38-19-10-18-36-20-16-28/h24-26,28,30-31,36-38H,5-23H2,1-4H3/t28?,30-,31-/m1/s1. The molecule has 2 aliphatic heterocycles. The second-order valence-corrected chi connectivity index (χ2v) is 13.2. The normalized spacial score (nSPS) is 26.0. The van der Waals surface area contributed by atoms with Gasteiger partial charge in [-0.2, -0.15) is 0 Å². The highest BCUT2D eigenvalue weighted by molar-refractivity contribution is 5.54. The average Bonchev–Trinajstić information content (AvgIpc) is 2.92. The minimum Gasteiger partial charge on any atom is -0.493 e. The van der Waals surface area contributed by atoms with E-state index in [0.717, 1.165) is 76.1 Å². The van der Waals surface area contributed by atoms with E-state index in [0.29, 0.717) is 11.8 Å². The van der Waals surface area contributed by atoms with Gasteiger partial charge >= 0.3 is 0 Å². The molecule has 3 aliphatic rings. The molecule has 1 aliphatic carbocycles. The highest BCUT2D eigenvalue weighted by Crippen LogP contribution is 2.53. The van der Waals surface area contributed by atoms with Gasteiger partial charge in [-0.3, -0.25) is 0 Å². The van der Waals surface area contributed by atoms with Crippen molar-refractivity contribution in [3.8, 4) is 11.5 Å². The molecule has 3 N–H and O–H groups in total. The van der Waals surface area contributed by atoms with Gasteiger partial charge in [0, 0.05) is 30.5 Å². The van der Waals surface area contributed by atoms with Crippen LogP contribution in [0.4, 0.5) is 0 Å². The molecule has 0 bridgehead atoms. The third-order valence-corrected chi connectivity index (χ3v) is 9.47. The molecule has 0 aromatic heterocycles. The summed E-state index contributed by atoms with van der Waals surface area (Å²) in [5, 5.41) is 10.8. The van der Waals surface area contributed by atoms with Crippen LogP contribution in [0.5, 0.6) is 11.5 Å². The molecule has 2 heterocycles. The van der Waals surface area contributed by atoms with Crippen molar-refractivity contribution >= 4 is 0 Å². The van der Waals surface area contributed by atoms with Gasteiger partial charge in [0.05, 0.1) is 6.61 Å². The zero-order chi connectivity index (χ0) is 28.2. The van der Waals surface area contributed by atoms with Crippen molar-refractivity contribution in [2.45, 2.75) is 116 Å². The number of nitrogens with one attached hydrogen (secondary N) is 3. The Morgan fingerprint density at radius 2 is 1.68 bits per heavy atom. The lowest BCUT2D eigenvalue weighted by molar-refractivity contribution is 0.0104. The summed E-state index contributed by atoms with van der Waals surface area (Å²) in [6.45, 7) is 16.6. The lowest BCUT2D eigenvalue weighted by atomic mass is 9.68. The molecule has 1 fully saturated rings. The van der Waals surface area contributed by atoms with Crippen LogP contribution in [0.15, 0.2) is 23.8 Å². The van der Waals surface area contributed by atoms with Crippen LogP contribution in [-0.2, 0) is 6.42 Å². The fourth-order valence-corrected chi connectivity index (χ4v) is 7.10. The molecule has 5 nitrogen and oxygen atoms in total. The van der Waals surface area contributed by atoms with E-state index in [9.17, 15) is 0 Å². The summed E-state index contributed by atoms with van der Waals surface area (Å²) in [5.41, 5.74) is 4.04. The van der Waals surface area contributed by atoms with Gasteiger partial charge in [0.15, 0.2) is 0 Å². The molecule has 3 atom stereocenters. The number of benzene rings is 1. The van der Waals surface area contributed by atoms with E-state index < -0.39 is 0 Å². The summed E-state index contributed by atoms with van der Waals surface area (Å²) in [6, 6.07) is 4.69. The molecule has 1 aromatic carbocycles. The lowest BCUT2D eigenvalue weighted by Gasteiger charge is -2.46. The number of hydrogen-bond donors (Lipinski definition) is 3. The molecule has 0 amide bonds. The molecular weight excluding hydrogens is 494 g/mol. The van der Waals surface area contributed by atoms with Crippen molar-refractivity contribution < 1.29 is 9.47 Å². The molecule has 1 saturated heterocycles. The second-order valence-electron chi connectivity index (χ2n) is 13.2. The van der Waals surface area contributed by atoms with Crippen LogP contribution in [0, 0.1) is 11.8 Å². The van der Waals surface area contributed by atoms with Crippen LogP contribution in [0.25, 0.3) is 0 Å². The Kier molecular flexibility index (Phi) is 12.7. The maximum absolute atomic E-state index is 6.77. The molecule has 0 radical (unpaired) electrons. The first-order valence-electron chi connectivity index (χ1n) is 16.8. The Hall–Kier alpha value is -1.56. The molecule has 40 heavy (non-hydrogen) atoms. The van der Waals surface area contributed by atoms with E-state index in [4.69, 9.17) is 9.47 Å². The van der Waals surface area contributed by atoms with Gasteiger partial charge < -0.3 is 25.4 Å². The van der Waals surface area contributed by atoms with E-state index in [2.05, 4.69) is 61.9 Å². The molecule has 5 heteroatoms. The lowest BCUT2D eigenvalue weighted by Crippen LogP contribution is -2.45. The van der Waals surface area contributed by atoms with Crippen LogP contribution >= 0.6 is 0 Å². The highest BCUT2D eigenvalue weighted by Gasteiger charge is 2.45. The number of unbranched alkanes of at least 4 members (excludes halogenated alkanes) is 2. The van der Waals surface area contributed by atoms with Gasteiger partial charge in [0.2, 0.25) is 0 Å². The molecule has 1 aromatic rings. The van der Waals surface area contributed by atoms with Crippen molar-refractivity contribution in [2.75, 3.05) is 45.9 Å². The minimum absolute atomic E-state index is 0.153. The summed E-state index contributed by atoms with van der Waals surface area (Å²) < 4.78 is 13.5. The van der Waals surface area contributed by atoms with Crippen LogP contribution < -0.4 is 25.4 Å². The summed E-state index contributed by atoms with van der Waals surface area (Å²) in [5.74, 6) is 3.82. The maximum atomic E-state index is 6.77. The predicted molar refractivity (Wildman–Crippen MR) is 169 cm³/mol. The largest absolute Gasteiger partial charge is 0.493 e. The fraction of sp³-hybridized carbons (Fsp3) is 0.771. The van der Waals surface area contributed by atoms with Crippen LogP contribution in [0.1, 0.15) is 115 Å². The van der Waals surface area contributed by atoms with Crippen molar-refractivity contribution in [2.24, 2.45) is 11.8 Å². The number of allylic oxidation sites excluding steroid dienone is 2. The Balaban J connectivity index is 1.42. The molecular formula is C35H59N3O2. The van der Waals surface area contributed by atoms with E-state index in [1.807, 2.05) is 0 Å². The summed E-state index contributed by atoms with van der Waals surface area (Å²) in [4.78, 5) is 0. The third-order valence-electron chi connectivity index (χ3n) is 9.47. The molecule has 226 valence electrons. The zero-order valence-corrected chi connectivity index (χ0v) is 26.2. The monoisotopic (exact) mass is 553 g/mol. The topological polar surface area (TPSA) is 54.5 Å². The Bertz CT molecular complexity index is 913. The van der Waals surface area contributed by atoms with Gasteiger partial charge in [-0.25, -0.2) is 0 Å². The SMILES string of the molecule is CCCCCc1cc(OCCCC2CCCNCCNCCCNCC2)c2c(c1)OC(C)(C)[C@@H]1CCC(C)=C[C@@H]21. The molecule has 4 rings (SSSR count). The van der Waals surface area contributed by atoms with Gasteiger partial charge in [-0.05, 0) is 135 Å². The number of fused-ring (bicyclic) bond motifs is 3. The van der Waals surface area contributed by atoms with E-state index in [1.165, 1.54) is 80.9 Å². The van der Waals surface area contributed by atoms with E-state index in [1.54, 1.807) is 0 Å². The summed E-state index contributed by atoms with van der Waals surface area (Å²) in [7, 11) is 0. The first kappa shape index (κ1) is 31.4. The van der Waals surface area contributed by atoms with Crippen molar-refractivity contribution in [1.29, 1.82) is 0 Å². The average molecular weight is 554 g/mol. The molecule has 1 unspecified atom stereocenters. The number of rotatable bonds is 9. The van der Waals surface area contributed by atoms with Gasteiger partial charge in [0.1, 0.15) is 17.1 Å². The van der Waals surface area contributed by atoms with Gasteiger partial charge in [-0.15, -0.1) is 0 Å². The quantitative estimate of drug-likeness (QED) is 0.224. The Morgan fingerprint density at radius 1 is 0.900 bits per heavy atom. The van der Waals surface area contributed by atoms with Crippen LogP contribution in [0.2, 0.25) is 0 Å².